The highest BCUT2D eigenvalue weighted by Gasteiger charge is 2.23. The molecular formula is C17H22N4O3S. The van der Waals surface area contributed by atoms with Crippen LogP contribution in [0.4, 0.5) is 0 Å². The fraction of sp³-hybridized carbons (Fsp3) is 0.471. The SMILES string of the molecule is COc1ccc(-c2nnc(SC(C)C(N)=O)n2CC2CCCO2)cc1. The van der Waals surface area contributed by atoms with E-state index >= 15 is 0 Å². The molecule has 1 aliphatic rings. The lowest BCUT2D eigenvalue weighted by Crippen LogP contribution is -2.23. The highest BCUT2D eigenvalue weighted by molar-refractivity contribution is 8.00. The van der Waals surface area contributed by atoms with Gasteiger partial charge in [0.2, 0.25) is 5.91 Å². The topological polar surface area (TPSA) is 92.3 Å². The maximum atomic E-state index is 11.4. The van der Waals surface area contributed by atoms with Crippen molar-refractivity contribution in [2.45, 2.75) is 42.8 Å². The second-order valence-corrected chi connectivity index (χ2v) is 7.25. The first-order valence-electron chi connectivity index (χ1n) is 8.23. The Labute approximate surface area is 150 Å². The fourth-order valence-corrected chi connectivity index (χ4v) is 3.51. The molecule has 2 heterocycles. The average molecular weight is 362 g/mol. The van der Waals surface area contributed by atoms with Gasteiger partial charge < -0.3 is 15.2 Å². The van der Waals surface area contributed by atoms with Crippen LogP contribution in [0.3, 0.4) is 0 Å². The molecule has 0 radical (unpaired) electrons. The van der Waals surface area contributed by atoms with Crippen molar-refractivity contribution >= 4 is 17.7 Å². The van der Waals surface area contributed by atoms with E-state index in [0.29, 0.717) is 11.7 Å². The smallest absolute Gasteiger partial charge is 0.230 e. The third kappa shape index (κ3) is 4.13. The Bertz CT molecular complexity index is 726. The van der Waals surface area contributed by atoms with E-state index in [0.717, 1.165) is 36.6 Å². The summed E-state index contributed by atoms with van der Waals surface area (Å²) >= 11 is 1.32. The van der Waals surface area contributed by atoms with Crippen LogP contribution in [0.15, 0.2) is 29.4 Å². The number of hydrogen-bond donors (Lipinski definition) is 1. The minimum atomic E-state index is -0.379. The number of primary amides is 1. The first-order chi connectivity index (χ1) is 12.1. The summed E-state index contributed by atoms with van der Waals surface area (Å²) in [5, 5.41) is 8.92. The summed E-state index contributed by atoms with van der Waals surface area (Å²) in [6.07, 6.45) is 2.21. The molecule has 7 nitrogen and oxygen atoms in total. The van der Waals surface area contributed by atoms with Crippen LogP contribution in [-0.4, -0.2) is 45.7 Å². The molecule has 0 spiro atoms. The third-order valence-electron chi connectivity index (χ3n) is 4.16. The van der Waals surface area contributed by atoms with Crippen LogP contribution in [0.1, 0.15) is 19.8 Å². The van der Waals surface area contributed by atoms with Crippen LogP contribution in [0.5, 0.6) is 5.75 Å². The van der Waals surface area contributed by atoms with Gasteiger partial charge in [-0.3, -0.25) is 9.36 Å². The van der Waals surface area contributed by atoms with E-state index in [9.17, 15) is 4.79 Å². The molecule has 1 aliphatic heterocycles. The molecule has 2 aromatic rings. The number of nitrogens with zero attached hydrogens (tertiary/aromatic N) is 3. The van der Waals surface area contributed by atoms with E-state index in [4.69, 9.17) is 15.2 Å². The van der Waals surface area contributed by atoms with Gasteiger partial charge in [0.05, 0.1) is 25.0 Å². The molecule has 1 aromatic heterocycles. The second kappa shape index (κ2) is 7.88. The molecule has 1 aromatic carbocycles. The maximum Gasteiger partial charge on any atom is 0.230 e. The zero-order valence-corrected chi connectivity index (χ0v) is 15.2. The third-order valence-corrected chi connectivity index (χ3v) is 5.26. The predicted molar refractivity (Wildman–Crippen MR) is 95.5 cm³/mol. The lowest BCUT2D eigenvalue weighted by Gasteiger charge is -2.15. The van der Waals surface area contributed by atoms with Crippen molar-refractivity contribution in [3.05, 3.63) is 24.3 Å². The Hall–Kier alpha value is -2.06. The van der Waals surface area contributed by atoms with Crippen molar-refractivity contribution in [2.24, 2.45) is 5.73 Å². The summed E-state index contributed by atoms with van der Waals surface area (Å²) in [6.45, 7) is 3.21. The van der Waals surface area contributed by atoms with Gasteiger partial charge >= 0.3 is 0 Å². The summed E-state index contributed by atoms with van der Waals surface area (Å²) in [6, 6.07) is 7.67. The van der Waals surface area contributed by atoms with Crippen molar-refractivity contribution < 1.29 is 14.3 Å². The molecule has 25 heavy (non-hydrogen) atoms. The number of hydrogen-bond acceptors (Lipinski definition) is 6. The molecule has 2 N–H and O–H groups in total. The first kappa shape index (κ1) is 17.8. The number of rotatable bonds is 7. The predicted octanol–water partition coefficient (Wildman–Crippen LogP) is 2.10. The molecule has 2 unspecified atom stereocenters. The lowest BCUT2D eigenvalue weighted by atomic mass is 10.2. The zero-order chi connectivity index (χ0) is 17.8. The number of methoxy groups -OCH3 is 1. The zero-order valence-electron chi connectivity index (χ0n) is 14.3. The van der Waals surface area contributed by atoms with E-state index in [1.807, 2.05) is 28.8 Å². The van der Waals surface area contributed by atoms with E-state index in [-0.39, 0.29) is 17.3 Å². The van der Waals surface area contributed by atoms with Gasteiger partial charge in [0, 0.05) is 12.2 Å². The Kier molecular flexibility index (Phi) is 5.60. The Morgan fingerprint density at radius 3 is 2.80 bits per heavy atom. The Morgan fingerprint density at radius 1 is 1.44 bits per heavy atom. The first-order valence-corrected chi connectivity index (χ1v) is 9.11. The number of aromatic nitrogens is 3. The van der Waals surface area contributed by atoms with Crippen molar-refractivity contribution in [1.29, 1.82) is 0 Å². The number of benzene rings is 1. The number of nitrogens with two attached hydrogens (primary N) is 1. The number of carbonyl (C=O) groups is 1. The quantitative estimate of drug-likeness (QED) is 0.758. The minimum Gasteiger partial charge on any atom is -0.497 e. The molecule has 1 fully saturated rings. The van der Waals surface area contributed by atoms with Crippen molar-refractivity contribution in [2.75, 3.05) is 13.7 Å². The molecule has 0 bridgehead atoms. The van der Waals surface area contributed by atoms with Crippen LogP contribution < -0.4 is 10.5 Å². The Balaban J connectivity index is 1.92. The number of amides is 1. The largest absolute Gasteiger partial charge is 0.497 e. The van der Waals surface area contributed by atoms with Gasteiger partial charge in [-0.1, -0.05) is 11.8 Å². The normalized spacial score (nSPS) is 18.2. The Morgan fingerprint density at radius 2 is 2.20 bits per heavy atom. The minimum absolute atomic E-state index is 0.135. The fourth-order valence-electron chi connectivity index (χ4n) is 2.70. The van der Waals surface area contributed by atoms with E-state index in [1.165, 1.54) is 11.8 Å². The van der Waals surface area contributed by atoms with Gasteiger partial charge in [-0.15, -0.1) is 10.2 Å². The number of ether oxygens (including phenoxy) is 2. The molecular weight excluding hydrogens is 340 g/mol. The van der Waals surface area contributed by atoms with Crippen LogP contribution in [0, 0.1) is 0 Å². The van der Waals surface area contributed by atoms with Gasteiger partial charge in [0.25, 0.3) is 0 Å². The van der Waals surface area contributed by atoms with Crippen molar-refractivity contribution in [3.8, 4) is 17.1 Å². The van der Waals surface area contributed by atoms with Crippen LogP contribution in [-0.2, 0) is 16.1 Å². The van der Waals surface area contributed by atoms with Gasteiger partial charge in [-0.25, -0.2) is 0 Å². The molecule has 1 amide bonds. The lowest BCUT2D eigenvalue weighted by molar-refractivity contribution is -0.117. The summed E-state index contributed by atoms with van der Waals surface area (Å²) in [5.41, 5.74) is 6.33. The summed E-state index contributed by atoms with van der Waals surface area (Å²) in [5.74, 6) is 1.16. The van der Waals surface area contributed by atoms with Gasteiger partial charge in [0.1, 0.15) is 5.75 Å². The van der Waals surface area contributed by atoms with Crippen molar-refractivity contribution in [1.82, 2.24) is 14.8 Å². The van der Waals surface area contributed by atoms with Gasteiger partial charge in [0.15, 0.2) is 11.0 Å². The molecule has 2 atom stereocenters. The van der Waals surface area contributed by atoms with E-state index in [1.54, 1.807) is 14.0 Å². The monoisotopic (exact) mass is 362 g/mol. The summed E-state index contributed by atoms with van der Waals surface area (Å²) in [4.78, 5) is 11.4. The van der Waals surface area contributed by atoms with Crippen molar-refractivity contribution in [3.63, 3.8) is 0 Å². The van der Waals surface area contributed by atoms with Crippen LogP contribution >= 0.6 is 11.8 Å². The highest BCUT2D eigenvalue weighted by Crippen LogP contribution is 2.29. The van der Waals surface area contributed by atoms with Gasteiger partial charge in [-0.05, 0) is 44.0 Å². The molecule has 0 aliphatic carbocycles. The van der Waals surface area contributed by atoms with E-state index < -0.39 is 0 Å². The van der Waals surface area contributed by atoms with E-state index in [2.05, 4.69) is 10.2 Å². The molecule has 8 heteroatoms. The molecule has 1 saturated heterocycles. The van der Waals surface area contributed by atoms with Crippen LogP contribution in [0.25, 0.3) is 11.4 Å². The molecule has 0 saturated carbocycles. The summed E-state index contributed by atoms with van der Waals surface area (Å²) in [7, 11) is 1.63. The number of thioether (sulfide) groups is 1. The average Bonchev–Trinajstić information content (AvgIpc) is 3.26. The molecule has 134 valence electrons. The number of carbonyl (C=O) groups excluding carboxylic acids is 1. The summed E-state index contributed by atoms with van der Waals surface area (Å²) < 4.78 is 13.0. The van der Waals surface area contributed by atoms with Crippen LogP contribution in [0.2, 0.25) is 0 Å². The standard InChI is InChI=1S/C17H22N4O3S/c1-11(15(18)22)25-17-20-19-16(12-5-7-13(23-2)8-6-12)21(17)10-14-4-3-9-24-14/h5-8,11,14H,3-4,9-10H2,1-2H3,(H2,18,22). The maximum absolute atomic E-state index is 11.4. The van der Waals surface area contributed by atoms with Gasteiger partial charge in [-0.2, -0.15) is 0 Å². The second-order valence-electron chi connectivity index (χ2n) is 5.94. The molecule has 3 rings (SSSR count). The highest BCUT2D eigenvalue weighted by atomic mass is 32.2.